The Morgan fingerprint density at radius 1 is 1.02 bits per heavy atom. The Balaban J connectivity index is 1.37. The van der Waals surface area contributed by atoms with Crippen LogP contribution in [0.5, 0.6) is 0 Å². The minimum Gasteiger partial charge on any atom is -0.457 e. The zero-order chi connectivity index (χ0) is 33.0. The number of aliphatic hydroxyl groups excluding tert-OH is 2. The van der Waals surface area contributed by atoms with Crippen LogP contribution >= 0.6 is 0 Å². The van der Waals surface area contributed by atoms with Crippen molar-refractivity contribution in [3.8, 4) is 0 Å². The third-order valence-electron chi connectivity index (χ3n) is 9.66. The van der Waals surface area contributed by atoms with Gasteiger partial charge in [-0.15, -0.1) is 5.10 Å². The fourth-order valence-corrected chi connectivity index (χ4v) is 6.67. The van der Waals surface area contributed by atoms with E-state index in [2.05, 4.69) is 15.2 Å². The molecule has 46 heavy (non-hydrogen) atoms. The van der Waals surface area contributed by atoms with E-state index < -0.39 is 30.1 Å². The van der Waals surface area contributed by atoms with E-state index in [0.717, 1.165) is 13.1 Å². The SMILES string of the molecule is C/C(=C\c1cc(F)c2c(c1)nnn2C1CCC(O)CC1)[C@H]1OC(=O)C[C@H](O)CC[C@H](C)[C@@H](OC(=O)N2CCN(C)CC2)/C=C/[C@@H]1C. The number of carbonyl (C=O) groups excluding carboxylic acids is 2. The van der Waals surface area contributed by atoms with Crippen LogP contribution < -0.4 is 0 Å². The van der Waals surface area contributed by atoms with Gasteiger partial charge in [0.25, 0.3) is 0 Å². The van der Waals surface area contributed by atoms with Crippen LogP contribution in [0, 0.1) is 17.7 Å². The summed E-state index contributed by atoms with van der Waals surface area (Å²) in [5, 5.41) is 29.0. The number of hydrogen-bond donors (Lipinski definition) is 2. The molecule has 2 fully saturated rings. The Morgan fingerprint density at radius 2 is 1.72 bits per heavy atom. The van der Waals surface area contributed by atoms with Crippen molar-refractivity contribution in [1.82, 2.24) is 24.8 Å². The number of rotatable bonds is 4. The first-order valence-electron chi connectivity index (χ1n) is 16.6. The van der Waals surface area contributed by atoms with Crippen LogP contribution in [0.15, 0.2) is 29.9 Å². The minimum absolute atomic E-state index is 0.0166. The van der Waals surface area contributed by atoms with Gasteiger partial charge in [-0.1, -0.05) is 31.2 Å². The highest BCUT2D eigenvalue weighted by atomic mass is 19.1. The molecule has 0 unspecified atom stereocenters. The third-order valence-corrected chi connectivity index (χ3v) is 9.66. The summed E-state index contributed by atoms with van der Waals surface area (Å²) in [6, 6.07) is 3.18. The van der Waals surface area contributed by atoms with Crippen molar-refractivity contribution in [3.63, 3.8) is 0 Å². The lowest BCUT2D eigenvalue weighted by Gasteiger charge is -2.33. The van der Waals surface area contributed by atoms with E-state index in [1.165, 1.54) is 6.07 Å². The number of cyclic esters (lactones) is 1. The summed E-state index contributed by atoms with van der Waals surface area (Å²) < 4.78 is 29.1. The number of ether oxygens (including phenoxy) is 2. The third kappa shape index (κ3) is 8.32. The number of fused-ring (bicyclic) bond motifs is 1. The second-order valence-corrected chi connectivity index (χ2v) is 13.5. The van der Waals surface area contributed by atoms with Crippen LogP contribution in [0.25, 0.3) is 17.1 Å². The number of carbonyl (C=O) groups is 2. The van der Waals surface area contributed by atoms with Gasteiger partial charge in [0.15, 0.2) is 5.82 Å². The van der Waals surface area contributed by atoms with Gasteiger partial charge in [-0.3, -0.25) is 4.79 Å². The fourth-order valence-electron chi connectivity index (χ4n) is 6.67. The van der Waals surface area contributed by atoms with Gasteiger partial charge >= 0.3 is 12.1 Å². The molecule has 3 aliphatic rings. The highest BCUT2D eigenvalue weighted by Crippen LogP contribution is 2.32. The summed E-state index contributed by atoms with van der Waals surface area (Å²) in [7, 11) is 2.03. The number of esters is 1. The number of aliphatic hydroxyl groups is 2. The molecular formula is C34H48FN5O6. The summed E-state index contributed by atoms with van der Waals surface area (Å²) in [5.74, 6) is -1.36. The average molecular weight is 642 g/mol. The van der Waals surface area contributed by atoms with Gasteiger partial charge < -0.3 is 29.5 Å². The molecule has 2 aromatic rings. The summed E-state index contributed by atoms with van der Waals surface area (Å²) in [6.45, 7) is 8.49. The molecule has 11 nitrogen and oxygen atoms in total. The van der Waals surface area contributed by atoms with Crippen LogP contribution in [-0.2, 0) is 14.3 Å². The van der Waals surface area contributed by atoms with Gasteiger partial charge in [-0.2, -0.15) is 0 Å². The molecule has 0 spiro atoms. The number of benzene rings is 1. The molecule has 1 aliphatic carbocycles. The van der Waals surface area contributed by atoms with Crippen LogP contribution in [0.4, 0.5) is 9.18 Å². The molecule has 12 heteroatoms. The lowest BCUT2D eigenvalue weighted by molar-refractivity contribution is -0.151. The fraction of sp³-hybridized carbons (Fsp3) is 0.647. The van der Waals surface area contributed by atoms with Crippen molar-refractivity contribution < 1.29 is 33.7 Å². The molecule has 0 radical (unpaired) electrons. The number of nitrogens with zero attached hydrogens (tertiary/aromatic N) is 5. The standard InChI is InChI=1S/C34H48FN5O6/c1-21-5-9-27(42)20-31(43)46-33(22(2)6-12-30(21)45-34(44)39-15-13-38(4)14-16-39)23(3)17-24-18-28(35)32-29(19-24)36-37-40(32)25-7-10-26(41)11-8-25/h6,12,17-19,21-22,25-27,30,33,41-42H,5,7-11,13-16,20H2,1-4H3/b12-6+,23-17+/t21-,22-,25?,26?,27+,30-,33-/m0/s1. The molecule has 1 amide bonds. The number of likely N-dealkylation sites (N-methyl/N-ethyl adjacent to an activating group) is 1. The van der Waals surface area contributed by atoms with Gasteiger partial charge in [0.05, 0.1) is 24.7 Å². The molecular weight excluding hydrogens is 593 g/mol. The summed E-state index contributed by atoms with van der Waals surface area (Å²) in [4.78, 5) is 29.9. The topological polar surface area (TPSA) is 130 Å². The average Bonchev–Trinajstić information content (AvgIpc) is 3.45. The summed E-state index contributed by atoms with van der Waals surface area (Å²) >= 11 is 0. The van der Waals surface area contributed by atoms with Crippen molar-refractivity contribution >= 4 is 29.2 Å². The Bertz CT molecular complexity index is 1430. The Labute approximate surface area is 270 Å². The molecule has 1 aromatic carbocycles. The maximum absolute atomic E-state index is 15.5. The van der Waals surface area contributed by atoms with Gasteiger partial charge in [0.2, 0.25) is 0 Å². The number of hydrogen-bond acceptors (Lipinski definition) is 9. The molecule has 2 N–H and O–H groups in total. The summed E-state index contributed by atoms with van der Waals surface area (Å²) in [5.41, 5.74) is 2.00. The van der Waals surface area contributed by atoms with E-state index in [1.54, 1.807) is 21.7 Å². The molecule has 2 aliphatic heterocycles. The molecule has 0 bridgehead atoms. The van der Waals surface area contributed by atoms with Crippen LogP contribution in [-0.4, -0.2) is 105 Å². The smallest absolute Gasteiger partial charge is 0.410 e. The summed E-state index contributed by atoms with van der Waals surface area (Å²) in [6.07, 6.45) is 6.24. The van der Waals surface area contributed by atoms with E-state index in [9.17, 15) is 19.8 Å². The Kier molecular flexibility index (Phi) is 11.1. The molecule has 5 atom stereocenters. The van der Waals surface area contributed by atoms with E-state index in [1.807, 2.05) is 40.0 Å². The molecule has 1 saturated heterocycles. The van der Waals surface area contributed by atoms with E-state index in [-0.39, 0.29) is 36.5 Å². The number of piperazine rings is 1. The van der Waals surface area contributed by atoms with Crippen molar-refractivity contribution in [2.24, 2.45) is 11.8 Å². The van der Waals surface area contributed by atoms with Gasteiger partial charge in [-0.25, -0.2) is 13.9 Å². The monoisotopic (exact) mass is 641 g/mol. The normalized spacial score (nSPS) is 31.5. The zero-order valence-electron chi connectivity index (χ0n) is 27.3. The van der Waals surface area contributed by atoms with E-state index in [4.69, 9.17) is 9.47 Å². The highest BCUT2D eigenvalue weighted by molar-refractivity contribution is 5.79. The van der Waals surface area contributed by atoms with Crippen molar-refractivity contribution in [2.45, 2.75) is 96.2 Å². The zero-order valence-corrected chi connectivity index (χ0v) is 27.3. The molecule has 1 aromatic heterocycles. The van der Waals surface area contributed by atoms with Crippen LogP contribution in [0.2, 0.25) is 0 Å². The van der Waals surface area contributed by atoms with Crippen LogP contribution in [0.3, 0.4) is 0 Å². The van der Waals surface area contributed by atoms with Gasteiger partial charge in [-0.05, 0) is 87.8 Å². The predicted molar refractivity (Wildman–Crippen MR) is 171 cm³/mol. The lowest BCUT2D eigenvalue weighted by Crippen LogP contribution is -2.48. The first kappa shape index (κ1) is 34.0. The maximum Gasteiger partial charge on any atom is 0.410 e. The van der Waals surface area contributed by atoms with Crippen molar-refractivity contribution in [1.29, 1.82) is 0 Å². The minimum atomic E-state index is -0.890. The molecule has 252 valence electrons. The van der Waals surface area contributed by atoms with E-state index >= 15 is 4.39 Å². The largest absolute Gasteiger partial charge is 0.457 e. The first-order chi connectivity index (χ1) is 22.0. The first-order valence-corrected chi connectivity index (χ1v) is 16.6. The number of halogens is 1. The molecule has 1 saturated carbocycles. The van der Waals surface area contributed by atoms with Gasteiger partial charge in [0.1, 0.15) is 23.2 Å². The Hall–Kier alpha value is -3.35. The predicted octanol–water partition coefficient (Wildman–Crippen LogP) is 4.49. The van der Waals surface area contributed by atoms with Crippen molar-refractivity contribution in [3.05, 3.63) is 41.2 Å². The quantitative estimate of drug-likeness (QED) is 0.367. The Morgan fingerprint density at radius 3 is 2.43 bits per heavy atom. The second-order valence-electron chi connectivity index (χ2n) is 13.5. The molecule has 3 heterocycles. The number of amides is 1. The maximum atomic E-state index is 15.5. The highest BCUT2D eigenvalue weighted by Gasteiger charge is 2.30. The second kappa shape index (κ2) is 15.0. The van der Waals surface area contributed by atoms with Crippen molar-refractivity contribution in [2.75, 3.05) is 33.2 Å². The lowest BCUT2D eigenvalue weighted by atomic mass is 9.91. The molecule has 5 rings (SSSR count). The van der Waals surface area contributed by atoms with Crippen LogP contribution in [0.1, 0.15) is 77.3 Å². The number of aromatic nitrogens is 3. The van der Waals surface area contributed by atoms with E-state index in [0.29, 0.717) is 73.8 Å². The van der Waals surface area contributed by atoms with Gasteiger partial charge in [0, 0.05) is 32.1 Å².